The average molecular weight is 194 g/mol. The predicted octanol–water partition coefficient (Wildman–Crippen LogP) is 2.68. The summed E-state index contributed by atoms with van der Waals surface area (Å²) in [6.07, 6.45) is 6.47. The first-order valence-electron chi connectivity index (χ1n) is 5.58. The maximum atomic E-state index is 11.9. The average Bonchev–Trinajstić information content (AvgIpc) is 2.18. The van der Waals surface area contributed by atoms with Crippen LogP contribution in [0.1, 0.15) is 39.5 Å². The molecule has 2 bridgehead atoms. The van der Waals surface area contributed by atoms with Crippen molar-refractivity contribution in [3.63, 3.8) is 0 Å². The molecule has 2 heteroatoms. The fraction of sp³-hybridized carbons (Fsp3) is 0.750. The maximum absolute atomic E-state index is 11.9. The number of ketones is 1. The van der Waals surface area contributed by atoms with Crippen molar-refractivity contribution in [3.8, 4) is 0 Å². The van der Waals surface area contributed by atoms with Crippen molar-refractivity contribution in [1.82, 2.24) is 0 Å². The van der Waals surface area contributed by atoms with Crippen LogP contribution in [-0.4, -0.2) is 11.9 Å². The second kappa shape index (κ2) is 3.76. The van der Waals surface area contributed by atoms with E-state index in [1.165, 1.54) is 12.8 Å². The molecule has 14 heavy (non-hydrogen) atoms. The Hall–Kier alpha value is -0.790. The molecule has 0 atom stereocenters. The van der Waals surface area contributed by atoms with E-state index in [9.17, 15) is 4.79 Å². The Morgan fingerprint density at radius 3 is 2.29 bits per heavy atom. The monoisotopic (exact) mass is 194 g/mol. The number of hydrogen-bond acceptors (Lipinski definition) is 2. The highest BCUT2D eigenvalue weighted by molar-refractivity contribution is 5.98. The van der Waals surface area contributed by atoms with Gasteiger partial charge in [-0.1, -0.05) is 0 Å². The first kappa shape index (κ1) is 9.75. The maximum Gasteiger partial charge on any atom is 0.165 e. The molecule has 0 radical (unpaired) electrons. The SMILES string of the molecule is CC(C)OC=C1C(=O)C2CCC1CC2. The van der Waals surface area contributed by atoms with Crippen LogP contribution in [-0.2, 0) is 9.53 Å². The van der Waals surface area contributed by atoms with Crippen LogP contribution in [0.25, 0.3) is 0 Å². The van der Waals surface area contributed by atoms with Crippen LogP contribution in [0.15, 0.2) is 11.8 Å². The van der Waals surface area contributed by atoms with Gasteiger partial charge in [0.2, 0.25) is 0 Å². The Balaban J connectivity index is 2.10. The highest BCUT2D eigenvalue weighted by Crippen LogP contribution is 2.42. The molecular formula is C12H18O2. The van der Waals surface area contributed by atoms with Crippen molar-refractivity contribution in [1.29, 1.82) is 0 Å². The molecule has 0 spiro atoms. The van der Waals surface area contributed by atoms with Crippen LogP contribution in [0.2, 0.25) is 0 Å². The largest absolute Gasteiger partial charge is 0.498 e. The molecule has 0 aromatic rings. The molecule has 0 aromatic heterocycles. The van der Waals surface area contributed by atoms with Crippen LogP contribution in [0.3, 0.4) is 0 Å². The summed E-state index contributed by atoms with van der Waals surface area (Å²) in [6.45, 7) is 3.98. The molecule has 3 rings (SSSR count). The number of hydrogen-bond donors (Lipinski definition) is 0. The molecule has 3 fully saturated rings. The molecule has 3 aliphatic rings. The van der Waals surface area contributed by atoms with Crippen LogP contribution < -0.4 is 0 Å². The fourth-order valence-electron chi connectivity index (χ4n) is 2.47. The summed E-state index contributed by atoms with van der Waals surface area (Å²) < 4.78 is 5.42. The van der Waals surface area contributed by atoms with E-state index in [0.717, 1.165) is 18.4 Å². The number of fused-ring (bicyclic) bond motifs is 3. The zero-order valence-corrected chi connectivity index (χ0v) is 8.95. The van der Waals surface area contributed by atoms with Crippen molar-refractivity contribution in [2.24, 2.45) is 11.8 Å². The number of carbonyl (C=O) groups excluding carboxylic acids is 1. The summed E-state index contributed by atoms with van der Waals surface area (Å²) in [6, 6.07) is 0. The van der Waals surface area contributed by atoms with E-state index in [-0.39, 0.29) is 6.10 Å². The van der Waals surface area contributed by atoms with E-state index in [1.807, 2.05) is 13.8 Å². The van der Waals surface area contributed by atoms with Gasteiger partial charge in [0.05, 0.1) is 12.4 Å². The Bertz CT molecular complexity index is 257. The molecule has 0 saturated heterocycles. The van der Waals surface area contributed by atoms with Gasteiger partial charge in [-0.25, -0.2) is 0 Å². The summed E-state index contributed by atoms with van der Waals surface area (Å²) in [4.78, 5) is 11.9. The topological polar surface area (TPSA) is 26.3 Å². The van der Waals surface area contributed by atoms with Gasteiger partial charge in [0, 0.05) is 11.5 Å². The normalized spacial score (nSPS) is 34.2. The van der Waals surface area contributed by atoms with Gasteiger partial charge in [-0.3, -0.25) is 4.79 Å². The minimum Gasteiger partial charge on any atom is -0.498 e. The molecule has 0 N–H and O–H groups in total. The summed E-state index contributed by atoms with van der Waals surface area (Å²) in [7, 11) is 0. The van der Waals surface area contributed by atoms with Gasteiger partial charge in [0.1, 0.15) is 0 Å². The van der Waals surface area contributed by atoms with E-state index in [4.69, 9.17) is 4.74 Å². The first-order chi connectivity index (χ1) is 6.68. The van der Waals surface area contributed by atoms with Crippen molar-refractivity contribution in [3.05, 3.63) is 11.8 Å². The van der Waals surface area contributed by atoms with E-state index >= 15 is 0 Å². The lowest BCUT2D eigenvalue weighted by Gasteiger charge is -2.36. The number of allylic oxidation sites excluding steroid dienone is 1. The van der Waals surface area contributed by atoms with Crippen LogP contribution in [0.5, 0.6) is 0 Å². The van der Waals surface area contributed by atoms with Gasteiger partial charge in [-0.2, -0.15) is 0 Å². The molecule has 0 unspecified atom stereocenters. The molecule has 0 aromatic carbocycles. The van der Waals surface area contributed by atoms with Crippen molar-refractivity contribution >= 4 is 5.78 Å². The van der Waals surface area contributed by atoms with Crippen molar-refractivity contribution < 1.29 is 9.53 Å². The Morgan fingerprint density at radius 1 is 1.21 bits per heavy atom. The predicted molar refractivity (Wildman–Crippen MR) is 54.8 cm³/mol. The molecule has 0 heterocycles. The summed E-state index contributed by atoms with van der Waals surface area (Å²) >= 11 is 0. The van der Waals surface area contributed by atoms with Crippen molar-refractivity contribution in [2.45, 2.75) is 45.6 Å². The number of ether oxygens (including phenoxy) is 1. The zero-order valence-electron chi connectivity index (χ0n) is 8.95. The van der Waals surface area contributed by atoms with Gasteiger partial charge in [0.15, 0.2) is 5.78 Å². The van der Waals surface area contributed by atoms with Crippen molar-refractivity contribution in [2.75, 3.05) is 0 Å². The van der Waals surface area contributed by atoms with Gasteiger partial charge in [-0.15, -0.1) is 0 Å². The molecule has 3 saturated carbocycles. The smallest absolute Gasteiger partial charge is 0.165 e. The van der Waals surface area contributed by atoms with Gasteiger partial charge < -0.3 is 4.74 Å². The summed E-state index contributed by atoms with van der Waals surface area (Å²) in [5.74, 6) is 1.15. The molecule has 3 aliphatic carbocycles. The summed E-state index contributed by atoms with van der Waals surface area (Å²) in [5.41, 5.74) is 0.959. The second-order valence-electron chi connectivity index (χ2n) is 4.67. The molecular weight excluding hydrogens is 176 g/mol. The van der Waals surface area contributed by atoms with E-state index in [2.05, 4.69) is 0 Å². The van der Waals surface area contributed by atoms with Gasteiger partial charge in [0.25, 0.3) is 0 Å². The lowest BCUT2D eigenvalue weighted by Crippen LogP contribution is -2.34. The minimum absolute atomic E-state index is 0.177. The van der Waals surface area contributed by atoms with Crippen LogP contribution >= 0.6 is 0 Å². The van der Waals surface area contributed by atoms with Gasteiger partial charge >= 0.3 is 0 Å². The number of rotatable bonds is 2. The molecule has 78 valence electrons. The Kier molecular flexibility index (Phi) is 2.62. The van der Waals surface area contributed by atoms with E-state index < -0.39 is 0 Å². The summed E-state index contributed by atoms with van der Waals surface area (Å²) in [5, 5.41) is 0. The quantitative estimate of drug-likeness (QED) is 0.499. The zero-order chi connectivity index (χ0) is 10.1. The Morgan fingerprint density at radius 2 is 1.79 bits per heavy atom. The van der Waals surface area contributed by atoms with Crippen LogP contribution in [0.4, 0.5) is 0 Å². The molecule has 2 nitrogen and oxygen atoms in total. The molecule has 0 amide bonds. The standard InChI is InChI=1S/C12H18O2/c1-8(2)14-7-11-9-3-5-10(6-4-9)12(11)13/h7-10H,3-6H2,1-2H3. The Labute approximate surface area is 85.3 Å². The highest BCUT2D eigenvalue weighted by Gasteiger charge is 2.38. The third kappa shape index (κ3) is 1.70. The first-order valence-corrected chi connectivity index (χ1v) is 5.58. The molecule has 0 aliphatic heterocycles. The van der Waals surface area contributed by atoms with Crippen LogP contribution in [0, 0.1) is 11.8 Å². The second-order valence-corrected chi connectivity index (χ2v) is 4.67. The lowest BCUT2D eigenvalue weighted by atomic mass is 9.67. The highest BCUT2D eigenvalue weighted by atomic mass is 16.5. The fourth-order valence-corrected chi connectivity index (χ4v) is 2.47. The third-order valence-corrected chi connectivity index (χ3v) is 3.29. The minimum atomic E-state index is 0.177. The number of carbonyl (C=O) groups is 1. The van der Waals surface area contributed by atoms with E-state index in [0.29, 0.717) is 17.6 Å². The lowest BCUT2D eigenvalue weighted by molar-refractivity contribution is -0.123. The number of Topliss-reactive ketones (excluding diaryl/α,β-unsaturated/α-hetero) is 1. The van der Waals surface area contributed by atoms with Gasteiger partial charge in [-0.05, 0) is 45.4 Å². The third-order valence-electron chi connectivity index (χ3n) is 3.29. The van der Waals surface area contributed by atoms with E-state index in [1.54, 1.807) is 6.26 Å².